The van der Waals surface area contributed by atoms with E-state index in [9.17, 15) is 14.4 Å². The van der Waals surface area contributed by atoms with E-state index in [1.165, 1.54) is 116 Å². The van der Waals surface area contributed by atoms with E-state index in [2.05, 4.69) is 81.5 Å². The highest BCUT2D eigenvalue weighted by Crippen LogP contribution is 2.14. The quantitative estimate of drug-likeness (QED) is 0.0199. The molecule has 0 heterocycles. The molecule has 0 aromatic heterocycles. The second kappa shape index (κ2) is 50.8. The summed E-state index contributed by atoms with van der Waals surface area (Å²) >= 11 is 0. The Morgan fingerprint density at radius 3 is 1.11 bits per heavy atom. The van der Waals surface area contributed by atoms with E-state index in [0.29, 0.717) is 19.3 Å². The van der Waals surface area contributed by atoms with Crippen LogP contribution in [0.3, 0.4) is 0 Å². The van der Waals surface area contributed by atoms with Crippen molar-refractivity contribution in [3.05, 3.63) is 60.8 Å². The molecule has 0 saturated heterocycles. The first kappa shape index (κ1) is 59.1. The van der Waals surface area contributed by atoms with Crippen LogP contribution in [0.2, 0.25) is 0 Å². The second-order valence-electron chi connectivity index (χ2n) is 17.4. The van der Waals surface area contributed by atoms with E-state index in [4.69, 9.17) is 14.2 Å². The number of hydrogen-bond donors (Lipinski definition) is 0. The van der Waals surface area contributed by atoms with Gasteiger partial charge in [-0.2, -0.15) is 0 Å². The number of hydrogen-bond acceptors (Lipinski definition) is 6. The summed E-state index contributed by atoms with van der Waals surface area (Å²) in [5.41, 5.74) is 0. The second-order valence-corrected chi connectivity index (χ2v) is 17.4. The van der Waals surface area contributed by atoms with Gasteiger partial charge >= 0.3 is 17.9 Å². The fourth-order valence-electron chi connectivity index (χ4n) is 7.29. The molecule has 358 valence electrons. The van der Waals surface area contributed by atoms with Crippen LogP contribution < -0.4 is 0 Å². The molecule has 0 rings (SSSR count). The third kappa shape index (κ3) is 48.1. The van der Waals surface area contributed by atoms with Crippen LogP contribution in [-0.2, 0) is 28.6 Å². The van der Waals surface area contributed by atoms with Crippen LogP contribution in [-0.4, -0.2) is 37.2 Å². The molecule has 0 saturated carbocycles. The van der Waals surface area contributed by atoms with Gasteiger partial charge in [0.2, 0.25) is 0 Å². The van der Waals surface area contributed by atoms with Crippen molar-refractivity contribution in [1.29, 1.82) is 0 Å². The Morgan fingerprint density at radius 2 is 0.677 bits per heavy atom. The van der Waals surface area contributed by atoms with Gasteiger partial charge in [0.15, 0.2) is 6.10 Å². The average Bonchev–Trinajstić information content (AvgIpc) is 3.27. The zero-order chi connectivity index (χ0) is 45.1. The van der Waals surface area contributed by atoms with E-state index in [-0.39, 0.29) is 31.1 Å². The van der Waals surface area contributed by atoms with Gasteiger partial charge in [-0.3, -0.25) is 14.4 Å². The van der Waals surface area contributed by atoms with Crippen molar-refractivity contribution in [3.63, 3.8) is 0 Å². The minimum Gasteiger partial charge on any atom is -0.462 e. The molecule has 0 aromatic rings. The predicted molar refractivity (Wildman–Crippen MR) is 265 cm³/mol. The molecule has 0 aliphatic rings. The lowest BCUT2D eigenvalue weighted by Gasteiger charge is -2.18. The van der Waals surface area contributed by atoms with Gasteiger partial charge in [-0.25, -0.2) is 0 Å². The van der Waals surface area contributed by atoms with Crippen molar-refractivity contribution in [2.45, 2.75) is 264 Å². The largest absolute Gasteiger partial charge is 0.462 e. The fourth-order valence-corrected chi connectivity index (χ4v) is 7.29. The van der Waals surface area contributed by atoms with E-state index in [0.717, 1.165) is 103 Å². The van der Waals surface area contributed by atoms with Crippen LogP contribution in [0, 0.1) is 0 Å². The highest BCUT2D eigenvalue weighted by atomic mass is 16.6. The lowest BCUT2D eigenvalue weighted by Crippen LogP contribution is -2.30. The fraction of sp³-hybridized carbons (Fsp3) is 0.768. The Hall–Kier alpha value is -2.89. The molecule has 0 amide bonds. The van der Waals surface area contributed by atoms with Crippen LogP contribution in [0.1, 0.15) is 258 Å². The van der Waals surface area contributed by atoms with Gasteiger partial charge in [-0.05, 0) is 96.3 Å². The van der Waals surface area contributed by atoms with Gasteiger partial charge in [-0.1, -0.05) is 204 Å². The minimum atomic E-state index is -0.787. The predicted octanol–water partition coefficient (Wildman–Crippen LogP) is 17.3. The molecule has 1 atom stereocenters. The third-order valence-electron chi connectivity index (χ3n) is 11.3. The zero-order valence-electron chi connectivity index (χ0n) is 40.9. The van der Waals surface area contributed by atoms with Crippen molar-refractivity contribution in [2.24, 2.45) is 0 Å². The number of rotatable bonds is 47. The number of allylic oxidation sites excluding steroid dienone is 10. The smallest absolute Gasteiger partial charge is 0.306 e. The normalized spacial score (nSPS) is 12.5. The number of carbonyl (C=O) groups excluding carboxylic acids is 3. The molecule has 0 radical (unpaired) electrons. The molecule has 0 aliphatic carbocycles. The van der Waals surface area contributed by atoms with Gasteiger partial charge in [-0.15, -0.1) is 0 Å². The molecule has 0 aliphatic heterocycles. The van der Waals surface area contributed by atoms with Crippen molar-refractivity contribution >= 4 is 17.9 Å². The van der Waals surface area contributed by atoms with Gasteiger partial charge in [0.05, 0.1) is 0 Å². The first-order valence-corrected chi connectivity index (χ1v) is 26.3. The lowest BCUT2D eigenvalue weighted by atomic mass is 10.1. The van der Waals surface area contributed by atoms with Crippen molar-refractivity contribution in [3.8, 4) is 0 Å². The van der Waals surface area contributed by atoms with Crippen LogP contribution >= 0.6 is 0 Å². The van der Waals surface area contributed by atoms with E-state index >= 15 is 0 Å². The maximum Gasteiger partial charge on any atom is 0.306 e. The van der Waals surface area contributed by atoms with Crippen molar-refractivity contribution < 1.29 is 28.6 Å². The van der Waals surface area contributed by atoms with Gasteiger partial charge in [0.25, 0.3) is 0 Å². The molecule has 1 unspecified atom stereocenters. The summed E-state index contributed by atoms with van der Waals surface area (Å²) in [4.78, 5) is 38.0. The molecule has 0 N–H and O–H groups in total. The van der Waals surface area contributed by atoms with Gasteiger partial charge < -0.3 is 14.2 Å². The highest BCUT2D eigenvalue weighted by Gasteiger charge is 2.19. The van der Waals surface area contributed by atoms with Gasteiger partial charge in [0.1, 0.15) is 13.2 Å². The number of carbonyl (C=O) groups is 3. The van der Waals surface area contributed by atoms with Crippen molar-refractivity contribution in [1.82, 2.24) is 0 Å². The highest BCUT2D eigenvalue weighted by molar-refractivity contribution is 5.71. The first-order valence-electron chi connectivity index (χ1n) is 26.3. The molecular weight excluding hydrogens is 769 g/mol. The Bertz CT molecular complexity index is 1130. The topological polar surface area (TPSA) is 78.9 Å². The van der Waals surface area contributed by atoms with Crippen LogP contribution in [0.15, 0.2) is 60.8 Å². The molecule has 6 heteroatoms. The SMILES string of the molecule is CC/C=C\C/C=C\CCCCCCCCCC(=O)OC(COC(=O)CCCCCCC/C=C\C=C/CCCCCCCCC)COC(=O)CCCCCCC/C=C\CCCCC. The minimum absolute atomic E-state index is 0.0868. The molecule has 0 aromatic carbocycles. The standard InChI is InChI=1S/C56H98O6/c1-4-7-10-13-16-19-22-25-27-28-29-30-32-34-37-40-43-46-49-55(58)61-52-53(51-60-54(57)48-45-42-39-36-33-24-21-18-15-12-9-6-3)62-56(59)50-47-44-41-38-35-31-26-23-20-17-14-11-8-5-2/h8,11,17-18,20-21,27-30,53H,4-7,9-10,12-16,19,22-26,31-52H2,1-3H3/b11-8-,20-17-,21-18-,28-27-,30-29-. The molecule has 0 fully saturated rings. The number of esters is 3. The van der Waals surface area contributed by atoms with Crippen LogP contribution in [0.25, 0.3) is 0 Å². The molecule has 0 spiro atoms. The summed E-state index contributed by atoms with van der Waals surface area (Å²) in [6, 6.07) is 0. The number of unbranched alkanes of at least 4 members (excludes halogenated alkanes) is 27. The summed E-state index contributed by atoms with van der Waals surface area (Å²) in [5.74, 6) is -0.915. The zero-order valence-corrected chi connectivity index (χ0v) is 40.9. The van der Waals surface area contributed by atoms with E-state index in [1.54, 1.807) is 0 Å². The maximum absolute atomic E-state index is 12.8. The molecule has 6 nitrogen and oxygen atoms in total. The van der Waals surface area contributed by atoms with E-state index < -0.39 is 6.10 Å². The summed E-state index contributed by atoms with van der Waals surface area (Å²) in [6.45, 7) is 6.48. The van der Waals surface area contributed by atoms with Crippen LogP contribution in [0.4, 0.5) is 0 Å². The Balaban J connectivity index is 4.40. The van der Waals surface area contributed by atoms with E-state index in [1.807, 2.05) is 0 Å². The van der Waals surface area contributed by atoms with Crippen molar-refractivity contribution in [2.75, 3.05) is 13.2 Å². The van der Waals surface area contributed by atoms with Crippen LogP contribution in [0.5, 0.6) is 0 Å². The molecular formula is C56H98O6. The Labute approximate surface area is 383 Å². The summed E-state index contributed by atoms with van der Waals surface area (Å²) in [6.07, 6.45) is 62.0. The summed E-state index contributed by atoms with van der Waals surface area (Å²) in [7, 11) is 0. The number of ether oxygens (including phenoxy) is 3. The third-order valence-corrected chi connectivity index (χ3v) is 11.3. The molecule has 0 bridgehead atoms. The molecule has 62 heavy (non-hydrogen) atoms. The summed E-state index contributed by atoms with van der Waals surface area (Å²) < 4.78 is 16.8. The average molecular weight is 867 g/mol. The lowest BCUT2D eigenvalue weighted by molar-refractivity contribution is -0.167. The Morgan fingerprint density at radius 1 is 0.355 bits per heavy atom. The van der Waals surface area contributed by atoms with Gasteiger partial charge in [0, 0.05) is 19.3 Å². The Kier molecular flexibility index (Phi) is 48.4. The first-order chi connectivity index (χ1) is 30.5. The summed E-state index contributed by atoms with van der Waals surface area (Å²) in [5, 5.41) is 0. The maximum atomic E-state index is 12.8. The monoisotopic (exact) mass is 867 g/mol.